The number of amides is 1. The minimum Gasteiger partial charge on any atom is -0.493 e. The van der Waals surface area contributed by atoms with Gasteiger partial charge < -0.3 is 14.8 Å². The molecule has 22 heavy (non-hydrogen) atoms. The third kappa shape index (κ3) is 4.81. The SMILES string of the molecule is CCOc1cc(/C=C(\C#N)C(=O)N[C@H](C)CC)ccc1OC. The molecule has 1 N–H and O–H groups in total. The Kier molecular flexibility index (Phi) is 6.97. The van der Waals surface area contributed by atoms with Crippen LogP contribution in [0.15, 0.2) is 23.8 Å². The van der Waals surface area contributed by atoms with Crippen LogP contribution in [-0.4, -0.2) is 25.7 Å². The molecule has 0 aliphatic heterocycles. The van der Waals surface area contributed by atoms with Crippen molar-refractivity contribution in [2.45, 2.75) is 33.2 Å². The van der Waals surface area contributed by atoms with Crippen molar-refractivity contribution in [3.63, 3.8) is 0 Å². The van der Waals surface area contributed by atoms with E-state index in [9.17, 15) is 10.1 Å². The number of benzene rings is 1. The van der Waals surface area contributed by atoms with Crippen molar-refractivity contribution in [3.05, 3.63) is 29.3 Å². The highest BCUT2D eigenvalue weighted by Gasteiger charge is 2.12. The van der Waals surface area contributed by atoms with E-state index in [1.54, 1.807) is 31.4 Å². The van der Waals surface area contributed by atoms with Gasteiger partial charge in [0.05, 0.1) is 13.7 Å². The minimum atomic E-state index is -0.370. The second-order valence-corrected chi connectivity index (χ2v) is 4.80. The summed E-state index contributed by atoms with van der Waals surface area (Å²) in [6, 6.07) is 7.23. The van der Waals surface area contributed by atoms with Crippen LogP contribution in [0.2, 0.25) is 0 Å². The number of methoxy groups -OCH3 is 1. The van der Waals surface area contributed by atoms with E-state index in [4.69, 9.17) is 9.47 Å². The quantitative estimate of drug-likeness (QED) is 0.621. The molecule has 5 nitrogen and oxygen atoms in total. The predicted octanol–water partition coefficient (Wildman–Crippen LogP) is 2.92. The molecular formula is C17H22N2O3. The lowest BCUT2D eigenvalue weighted by Gasteiger charge is -2.11. The van der Waals surface area contributed by atoms with Crippen LogP contribution in [0.5, 0.6) is 11.5 Å². The number of nitriles is 1. The zero-order valence-corrected chi connectivity index (χ0v) is 13.5. The first kappa shape index (κ1) is 17.6. The smallest absolute Gasteiger partial charge is 0.262 e. The van der Waals surface area contributed by atoms with Gasteiger partial charge in [-0.1, -0.05) is 13.0 Å². The molecule has 0 fully saturated rings. The molecule has 1 atom stereocenters. The Labute approximate surface area is 131 Å². The van der Waals surface area contributed by atoms with Crippen molar-refractivity contribution in [3.8, 4) is 17.6 Å². The van der Waals surface area contributed by atoms with E-state index in [-0.39, 0.29) is 17.5 Å². The van der Waals surface area contributed by atoms with Gasteiger partial charge in [0.2, 0.25) is 0 Å². The average molecular weight is 302 g/mol. The maximum atomic E-state index is 12.0. The maximum Gasteiger partial charge on any atom is 0.262 e. The Morgan fingerprint density at radius 1 is 1.41 bits per heavy atom. The van der Waals surface area contributed by atoms with Gasteiger partial charge >= 0.3 is 0 Å². The summed E-state index contributed by atoms with van der Waals surface area (Å²) in [5, 5.41) is 12.0. The van der Waals surface area contributed by atoms with E-state index in [2.05, 4.69) is 5.32 Å². The standard InChI is InChI=1S/C17H22N2O3/c1-5-12(3)19-17(20)14(11-18)9-13-7-8-15(21-4)16(10-13)22-6-2/h7-10,12H,5-6H2,1-4H3,(H,19,20)/b14-9+/t12-/m1/s1. The van der Waals surface area contributed by atoms with Crippen LogP contribution in [0.3, 0.4) is 0 Å². The lowest BCUT2D eigenvalue weighted by atomic mass is 10.1. The van der Waals surface area contributed by atoms with E-state index in [1.165, 1.54) is 0 Å². The molecule has 1 aromatic carbocycles. The van der Waals surface area contributed by atoms with Crippen molar-refractivity contribution in [2.24, 2.45) is 0 Å². The van der Waals surface area contributed by atoms with Gasteiger partial charge in [0.25, 0.3) is 5.91 Å². The topological polar surface area (TPSA) is 71.3 Å². The van der Waals surface area contributed by atoms with E-state index >= 15 is 0 Å². The normalized spacial score (nSPS) is 12.2. The van der Waals surface area contributed by atoms with Crippen LogP contribution < -0.4 is 14.8 Å². The molecule has 0 aliphatic rings. The number of nitrogens with zero attached hydrogens (tertiary/aromatic N) is 1. The van der Waals surface area contributed by atoms with Gasteiger partial charge in [-0.25, -0.2) is 0 Å². The Bertz CT molecular complexity index is 588. The molecule has 0 spiro atoms. The lowest BCUT2D eigenvalue weighted by Crippen LogP contribution is -2.32. The number of carbonyl (C=O) groups is 1. The number of hydrogen-bond donors (Lipinski definition) is 1. The second kappa shape index (κ2) is 8.73. The summed E-state index contributed by atoms with van der Waals surface area (Å²) in [6.07, 6.45) is 2.35. The van der Waals surface area contributed by atoms with Crippen LogP contribution in [0.4, 0.5) is 0 Å². The Morgan fingerprint density at radius 3 is 2.68 bits per heavy atom. The van der Waals surface area contributed by atoms with Gasteiger partial charge in [-0.2, -0.15) is 5.26 Å². The predicted molar refractivity (Wildman–Crippen MR) is 85.6 cm³/mol. The molecule has 0 bridgehead atoms. The second-order valence-electron chi connectivity index (χ2n) is 4.80. The first-order valence-corrected chi connectivity index (χ1v) is 7.29. The van der Waals surface area contributed by atoms with Crippen molar-refractivity contribution < 1.29 is 14.3 Å². The fourth-order valence-corrected chi connectivity index (χ4v) is 1.77. The summed E-state index contributed by atoms with van der Waals surface area (Å²) in [5.41, 5.74) is 0.771. The fraction of sp³-hybridized carbons (Fsp3) is 0.412. The number of hydrogen-bond acceptors (Lipinski definition) is 4. The molecule has 0 unspecified atom stereocenters. The highest BCUT2D eigenvalue weighted by Crippen LogP contribution is 2.28. The molecule has 0 saturated carbocycles. The van der Waals surface area contributed by atoms with Gasteiger partial charge in [-0.15, -0.1) is 0 Å². The molecule has 0 aliphatic carbocycles. The highest BCUT2D eigenvalue weighted by atomic mass is 16.5. The third-order valence-electron chi connectivity index (χ3n) is 3.15. The van der Waals surface area contributed by atoms with Crippen LogP contribution in [-0.2, 0) is 4.79 Å². The van der Waals surface area contributed by atoms with Gasteiger partial charge in [0.15, 0.2) is 11.5 Å². The summed E-state index contributed by atoms with van der Waals surface area (Å²) in [6.45, 7) is 6.25. The van der Waals surface area contributed by atoms with E-state index in [0.29, 0.717) is 23.7 Å². The van der Waals surface area contributed by atoms with Crippen molar-refractivity contribution >= 4 is 12.0 Å². The molecule has 0 aromatic heterocycles. The molecule has 1 rings (SSSR count). The van der Waals surface area contributed by atoms with E-state index in [0.717, 1.165) is 6.42 Å². The van der Waals surface area contributed by atoms with E-state index < -0.39 is 0 Å². The van der Waals surface area contributed by atoms with Crippen LogP contribution in [0, 0.1) is 11.3 Å². The maximum absolute atomic E-state index is 12.0. The zero-order valence-electron chi connectivity index (χ0n) is 13.5. The molecule has 5 heteroatoms. The summed E-state index contributed by atoms with van der Waals surface area (Å²) < 4.78 is 10.7. The number of nitrogens with one attached hydrogen (secondary N) is 1. The summed E-state index contributed by atoms with van der Waals surface area (Å²) >= 11 is 0. The molecule has 0 heterocycles. The highest BCUT2D eigenvalue weighted by molar-refractivity contribution is 6.01. The largest absolute Gasteiger partial charge is 0.493 e. The van der Waals surface area contributed by atoms with Gasteiger partial charge in [-0.05, 0) is 44.0 Å². The zero-order chi connectivity index (χ0) is 16.5. The Balaban J connectivity index is 3.05. The molecule has 118 valence electrons. The first-order valence-electron chi connectivity index (χ1n) is 7.29. The molecule has 1 aromatic rings. The van der Waals surface area contributed by atoms with Crippen LogP contribution in [0.1, 0.15) is 32.8 Å². The van der Waals surface area contributed by atoms with Crippen LogP contribution >= 0.6 is 0 Å². The van der Waals surface area contributed by atoms with Crippen molar-refractivity contribution in [1.29, 1.82) is 5.26 Å². The summed E-state index contributed by atoms with van der Waals surface area (Å²) in [7, 11) is 1.56. The Morgan fingerprint density at radius 2 is 2.14 bits per heavy atom. The summed E-state index contributed by atoms with van der Waals surface area (Å²) in [4.78, 5) is 12.0. The van der Waals surface area contributed by atoms with E-state index in [1.807, 2.05) is 26.8 Å². The van der Waals surface area contributed by atoms with Gasteiger partial charge in [0.1, 0.15) is 11.6 Å². The Hall–Kier alpha value is -2.48. The average Bonchev–Trinajstić information content (AvgIpc) is 2.52. The lowest BCUT2D eigenvalue weighted by molar-refractivity contribution is -0.117. The number of ether oxygens (including phenoxy) is 2. The fourth-order valence-electron chi connectivity index (χ4n) is 1.77. The van der Waals surface area contributed by atoms with Crippen molar-refractivity contribution in [2.75, 3.05) is 13.7 Å². The molecular weight excluding hydrogens is 280 g/mol. The molecule has 1 amide bonds. The monoisotopic (exact) mass is 302 g/mol. The number of rotatable bonds is 7. The molecule has 0 saturated heterocycles. The molecule has 0 radical (unpaired) electrons. The first-order chi connectivity index (χ1) is 10.5. The van der Waals surface area contributed by atoms with Gasteiger partial charge in [0, 0.05) is 6.04 Å². The number of carbonyl (C=O) groups excluding carboxylic acids is 1. The van der Waals surface area contributed by atoms with Crippen molar-refractivity contribution in [1.82, 2.24) is 5.32 Å². The van der Waals surface area contributed by atoms with Crippen LogP contribution in [0.25, 0.3) is 6.08 Å². The summed E-state index contributed by atoms with van der Waals surface area (Å²) in [5.74, 6) is 0.825. The third-order valence-corrected chi connectivity index (χ3v) is 3.15. The minimum absolute atomic E-state index is 0.0269. The van der Waals surface area contributed by atoms with Gasteiger partial charge in [-0.3, -0.25) is 4.79 Å².